The maximum Gasteiger partial charge on any atom is 0.306 e. The molecule has 0 spiro atoms. The van der Waals surface area contributed by atoms with Crippen LogP contribution in [0.1, 0.15) is 44.6 Å². The summed E-state index contributed by atoms with van der Waals surface area (Å²) in [6, 6.07) is 8.43. The second-order valence-corrected chi connectivity index (χ2v) is 6.28. The lowest BCUT2D eigenvalue weighted by molar-refractivity contribution is -0.150. The fourth-order valence-corrected chi connectivity index (χ4v) is 3.57. The molecule has 1 saturated carbocycles. The molecule has 0 aromatic heterocycles. The summed E-state index contributed by atoms with van der Waals surface area (Å²) in [5.74, 6) is -0.0866. The predicted octanol–water partition coefficient (Wildman–Crippen LogP) is 4.31. The van der Waals surface area contributed by atoms with Crippen LogP contribution in [0.4, 0.5) is 0 Å². The van der Waals surface area contributed by atoms with E-state index in [0.717, 1.165) is 25.7 Å². The Morgan fingerprint density at radius 2 is 1.89 bits per heavy atom. The summed E-state index contributed by atoms with van der Waals surface area (Å²) in [5, 5.41) is 0. The molecule has 0 bridgehead atoms. The van der Waals surface area contributed by atoms with Crippen molar-refractivity contribution in [2.45, 2.75) is 55.8 Å². The molecule has 2 nitrogen and oxygen atoms in total. The van der Waals surface area contributed by atoms with Gasteiger partial charge in [-0.05, 0) is 44.7 Å². The first-order valence-electron chi connectivity index (χ1n) is 6.61. The molecule has 0 atom stereocenters. The third-order valence-corrected chi connectivity index (χ3v) is 4.65. The SMILES string of the molecule is CCC(=O)OC1(Sc2ccc(C)cc2)CCCC1. The van der Waals surface area contributed by atoms with Gasteiger partial charge in [0.15, 0.2) is 4.93 Å². The number of carbonyl (C=O) groups excluding carboxylic acids is 1. The lowest BCUT2D eigenvalue weighted by Gasteiger charge is -2.28. The van der Waals surface area contributed by atoms with E-state index < -0.39 is 0 Å². The summed E-state index contributed by atoms with van der Waals surface area (Å²) >= 11 is 1.71. The second-order valence-electron chi connectivity index (χ2n) is 4.86. The largest absolute Gasteiger partial charge is 0.448 e. The maximum atomic E-state index is 11.6. The molecule has 1 aliphatic rings. The Hall–Kier alpha value is -0.960. The van der Waals surface area contributed by atoms with Gasteiger partial charge in [-0.15, -0.1) is 0 Å². The molecule has 98 valence electrons. The zero-order chi connectivity index (χ0) is 13.0. The molecule has 1 fully saturated rings. The predicted molar refractivity (Wildman–Crippen MR) is 74.6 cm³/mol. The van der Waals surface area contributed by atoms with Crippen LogP contribution in [0, 0.1) is 6.92 Å². The summed E-state index contributed by atoms with van der Waals surface area (Å²) < 4.78 is 5.71. The number of benzene rings is 1. The molecule has 0 heterocycles. The average Bonchev–Trinajstić information content (AvgIpc) is 2.80. The van der Waals surface area contributed by atoms with Gasteiger partial charge in [-0.2, -0.15) is 0 Å². The monoisotopic (exact) mass is 264 g/mol. The summed E-state index contributed by atoms with van der Waals surface area (Å²) in [5.41, 5.74) is 1.25. The van der Waals surface area contributed by atoms with E-state index in [1.807, 2.05) is 6.92 Å². The molecular weight excluding hydrogens is 244 g/mol. The van der Waals surface area contributed by atoms with E-state index in [-0.39, 0.29) is 10.9 Å². The number of rotatable bonds is 4. The highest BCUT2D eigenvalue weighted by Crippen LogP contribution is 2.46. The van der Waals surface area contributed by atoms with Crippen LogP contribution in [-0.4, -0.2) is 10.9 Å². The molecule has 0 N–H and O–H groups in total. The number of thioether (sulfide) groups is 1. The molecule has 0 aliphatic heterocycles. The minimum Gasteiger partial charge on any atom is -0.448 e. The average molecular weight is 264 g/mol. The van der Waals surface area contributed by atoms with E-state index in [4.69, 9.17) is 4.74 Å². The van der Waals surface area contributed by atoms with Gasteiger partial charge in [0.1, 0.15) is 0 Å². The Kier molecular flexibility index (Phi) is 4.33. The lowest BCUT2D eigenvalue weighted by Crippen LogP contribution is -2.27. The molecule has 0 radical (unpaired) electrons. The van der Waals surface area contributed by atoms with Crippen LogP contribution in [0.15, 0.2) is 29.2 Å². The second kappa shape index (κ2) is 5.79. The molecule has 0 amide bonds. The van der Waals surface area contributed by atoms with Crippen LogP contribution in [-0.2, 0) is 9.53 Å². The van der Waals surface area contributed by atoms with Gasteiger partial charge in [0.25, 0.3) is 0 Å². The van der Waals surface area contributed by atoms with E-state index in [1.54, 1.807) is 11.8 Å². The highest BCUT2D eigenvalue weighted by molar-refractivity contribution is 8.00. The standard InChI is InChI=1S/C15H20O2S/c1-3-14(16)17-15(10-4-5-11-15)18-13-8-6-12(2)7-9-13/h6-9H,3-5,10-11H2,1-2H3. The topological polar surface area (TPSA) is 26.3 Å². The van der Waals surface area contributed by atoms with Crippen LogP contribution in [0.5, 0.6) is 0 Å². The highest BCUT2D eigenvalue weighted by atomic mass is 32.2. The summed E-state index contributed by atoms with van der Waals surface area (Å²) in [4.78, 5) is 12.5. The first kappa shape index (κ1) is 13.5. The summed E-state index contributed by atoms with van der Waals surface area (Å²) in [6.45, 7) is 3.93. The Morgan fingerprint density at radius 3 is 2.44 bits per heavy atom. The molecule has 3 heteroatoms. The Balaban J connectivity index is 2.10. The Labute approximate surface area is 113 Å². The Bertz CT molecular complexity index is 405. The van der Waals surface area contributed by atoms with E-state index in [1.165, 1.54) is 10.5 Å². The third-order valence-electron chi connectivity index (χ3n) is 3.28. The van der Waals surface area contributed by atoms with E-state index in [0.29, 0.717) is 6.42 Å². The van der Waals surface area contributed by atoms with E-state index in [9.17, 15) is 4.79 Å². The van der Waals surface area contributed by atoms with Gasteiger partial charge in [0.05, 0.1) is 0 Å². The van der Waals surface area contributed by atoms with Gasteiger partial charge in [-0.1, -0.05) is 36.4 Å². The van der Waals surface area contributed by atoms with Crippen molar-refractivity contribution in [3.63, 3.8) is 0 Å². The Morgan fingerprint density at radius 1 is 1.28 bits per heavy atom. The molecule has 0 saturated heterocycles. The molecule has 1 aliphatic carbocycles. The first-order chi connectivity index (χ1) is 8.63. The zero-order valence-corrected chi connectivity index (χ0v) is 11.9. The van der Waals surface area contributed by atoms with Crippen molar-refractivity contribution in [2.24, 2.45) is 0 Å². The van der Waals surface area contributed by atoms with Crippen molar-refractivity contribution in [1.82, 2.24) is 0 Å². The molecule has 1 aromatic carbocycles. The van der Waals surface area contributed by atoms with Crippen molar-refractivity contribution < 1.29 is 9.53 Å². The van der Waals surface area contributed by atoms with Crippen molar-refractivity contribution in [1.29, 1.82) is 0 Å². The summed E-state index contributed by atoms with van der Waals surface area (Å²) in [6.07, 6.45) is 4.69. The quantitative estimate of drug-likeness (QED) is 0.598. The normalized spacial score (nSPS) is 17.7. The fraction of sp³-hybridized carbons (Fsp3) is 0.533. The first-order valence-corrected chi connectivity index (χ1v) is 7.43. The van der Waals surface area contributed by atoms with Crippen LogP contribution in [0.2, 0.25) is 0 Å². The molecular formula is C15H20O2S. The van der Waals surface area contributed by atoms with Crippen molar-refractivity contribution in [2.75, 3.05) is 0 Å². The molecule has 2 rings (SSSR count). The lowest BCUT2D eigenvalue weighted by atomic mass is 10.2. The van der Waals surface area contributed by atoms with E-state index in [2.05, 4.69) is 31.2 Å². The van der Waals surface area contributed by atoms with Crippen molar-refractivity contribution in [3.8, 4) is 0 Å². The number of hydrogen-bond acceptors (Lipinski definition) is 3. The van der Waals surface area contributed by atoms with E-state index >= 15 is 0 Å². The fourth-order valence-electron chi connectivity index (χ4n) is 2.24. The summed E-state index contributed by atoms with van der Waals surface area (Å²) in [7, 11) is 0. The van der Waals surface area contributed by atoms with Gasteiger partial charge >= 0.3 is 5.97 Å². The van der Waals surface area contributed by atoms with Crippen LogP contribution in [0.25, 0.3) is 0 Å². The van der Waals surface area contributed by atoms with Gasteiger partial charge in [-0.3, -0.25) is 4.79 Å². The smallest absolute Gasteiger partial charge is 0.306 e. The van der Waals surface area contributed by atoms with Gasteiger partial charge in [-0.25, -0.2) is 0 Å². The minimum atomic E-state index is -0.317. The number of aryl methyl sites for hydroxylation is 1. The maximum absolute atomic E-state index is 11.6. The zero-order valence-electron chi connectivity index (χ0n) is 11.1. The van der Waals surface area contributed by atoms with Gasteiger partial charge in [0, 0.05) is 11.3 Å². The number of esters is 1. The number of ether oxygens (including phenoxy) is 1. The minimum absolute atomic E-state index is 0.0866. The van der Waals surface area contributed by atoms with Crippen LogP contribution < -0.4 is 0 Å². The van der Waals surface area contributed by atoms with Crippen molar-refractivity contribution in [3.05, 3.63) is 29.8 Å². The number of carbonyl (C=O) groups is 1. The third kappa shape index (κ3) is 3.29. The number of hydrogen-bond donors (Lipinski definition) is 0. The van der Waals surface area contributed by atoms with Crippen LogP contribution in [0.3, 0.4) is 0 Å². The molecule has 1 aromatic rings. The van der Waals surface area contributed by atoms with Gasteiger partial charge in [0.2, 0.25) is 0 Å². The van der Waals surface area contributed by atoms with Crippen molar-refractivity contribution >= 4 is 17.7 Å². The highest BCUT2D eigenvalue weighted by Gasteiger charge is 2.38. The molecule has 18 heavy (non-hydrogen) atoms. The van der Waals surface area contributed by atoms with Gasteiger partial charge < -0.3 is 4.74 Å². The van der Waals surface area contributed by atoms with Crippen LogP contribution >= 0.6 is 11.8 Å². The molecule has 0 unspecified atom stereocenters.